The van der Waals surface area contributed by atoms with Crippen molar-refractivity contribution in [3.63, 3.8) is 0 Å². The largest absolute Gasteiger partial charge is 0.481 e. The first kappa shape index (κ1) is 12.0. The number of esters is 1. The summed E-state index contributed by atoms with van der Waals surface area (Å²) in [4.78, 5) is 22.0. The Morgan fingerprint density at radius 1 is 1.33 bits per heavy atom. The summed E-state index contributed by atoms with van der Waals surface area (Å²) in [7, 11) is -2.18. The van der Waals surface area contributed by atoms with Crippen LogP contribution in [0, 0.1) is 11.8 Å². The number of aliphatic carboxylic acids is 1. The fraction of sp³-hybridized carbons (Fsp3) is 0.750. The normalized spacial score (nSPS) is 29.4. The molecule has 1 aliphatic heterocycles. The molecule has 1 rings (SSSR count). The number of carboxylic acid groups (broad SMARTS) is 1. The van der Waals surface area contributed by atoms with Gasteiger partial charge in [0.05, 0.1) is 30.5 Å². The number of hydrogen-bond acceptors (Lipinski definition) is 5. The van der Waals surface area contributed by atoms with Gasteiger partial charge in [0.2, 0.25) is 0 Å². The summed E-state index contributed by atoms with van der Waals surface area (Å²) in [5.41, 5.74) is 0. The van der Waals surface area contributed by atoms with Crippen LogP contribution in [0.3, 0.4) is 0 Å². The number of sulfone groups is 1. The quantitative estimate of drug-likeness (QED) is 0.636. The summed E-state index contributed by atoms with van der Waals surface area (Å²) < 4.78 is 26.9. The van der Waals surface area contributed by atoms with E-state index in [4.69, 9.17) is 5.11 Å². The molecule has 0 aromatic carbocycles. The van der Waals surface area contributed by atoms with Crippen LogP contribution in [0.15, 0.2) is 0 Å². The maximum Gasteiger partial charge on any atom is 0.309 e. The zero-order valence-corrected chi connectivity index (χ0v) is 8.99. The van der Waals surface area contributed by atoms with Crippen LogP contribution >= 0.6 is 0 Å². The van der Waals surface area contributed by atoms with Crippen LogP contribution in [0.25, 0.3) is 0 Å². The Morgan fingerprint density at radius 2 is 1.93 bits per heavy atom. The molecule has 1 heterocycles. The Labute approximate surface area is 87.1 Å². The number of hydrogen-bond donors (Lipinski definition) is 1. The highest BCUT2D eigenvalue weighted by atomic mass is 32.2. The van der Waals surface area contributed by atoms with Crippen molar-refractivity contribution in [1.29, 1.82) is 0 Å². The first-order valence-corrected chi connectivity index (χ1v) is 6.20. The van der Waals surface area contributed by atoms with Crippen molar-refractivity contribution in [2.24, 2.45) is 11.8 Å². The fourth-order valence-corrected chi connectivity index (χ4v) is 3.36. The number of ether oxygens (including phenoxy) is 1. The highest BCUT2D eigenvalue weighted by Gasteiger charge is 2.42. The van der Waals surface area contributed by atoms with Gasteiger partial charge < -0.3 is 9.84 Å². The highest BCUT2D eigenvalue weighted by molar-refractivity contribution is 7.91. The third-order valence-corrected chi connectivity index (χ3v) is 4.20. The van der Waals surface area contributed by atoms with Gasteiger partial charge in [-0.25, -0.2) is 8.42 Å². The van der Waals surface area contributed by atoms with Crippen molar-refractivity contribution in [2.75, 3.05) is 18.6 Å². The van der Waals surface area contributed by atoms with Crippen molar-refractivity contribution in [3.8, 4) is 0 Å². The van der Waals surface area contributed by atoms with E-state index in [1.165, 1.54) is 0 Å². The van der Waals surface area contributed by atoms with E-state index in [-0.39, 0.29) is 12.2 Å². The minimum Gasteiger partial charge on any atom is -0.481 e. The number of carbonyl (C=O) groups is 2. The minimum absolute atomic E-state index is 0.0198. The monoisotopic (exact) mass is 236 g/mol. The number of methoxy groups -OCH3 is 1. The van der Waals surface area contributed by atoms with Crippen molar-refractivity contribution in [2.45, 2.75) is 6.42 Å². The molecule has 15 heavy (non-hydrogen) atoms. The molecule has 0 spiro atoms. The predicted molar refractivity (Wildman–Crippen MR) is 49.9 cm³/mol. The summed E-state index contributed by atoms with van der Waals surface area (Å²) in [6.07, 6.45) is 0.0198. The molecule has 6 nitrogen and oxygen atoms in total. The van der Waals surface area contributed by atoms with E-state index in [9.17, 15) is 18.0 Å². The molecular weight excluding hydrogens is 224 g/mol. The number of rotatable bonds is 2. The number of carbonyl (C=O) groups excluding carboxylic acids is 1. The summed E-state index contributed by atoms with van der Waals surface area (Å²) in [5.74, 6) is -4.60. The Kier molecular flexibility index (Phi) is 3.33. The van der Waals surface area contributed by atoms with E-state index < -0.39 is 39.4 Å². The molecule has 86 valence electrons. The lowest BCUT2D eigenvalue weighted by atomic mass is 9.91. The van der Waals surface area contributed by atoms with Crippen LogP contribution in [0.4, 0.5) is 0 Å². The second-order valence-electron chi connectivity index (χ2n) is 3.48. The highest BCUT2D eigenvalue weighted by Crippen LogP contribution is 2.26. The molecule has 0 aliphatic carbocycles. The van der Waals surface area contributed by atoms with Crippen LogP contribution in [-0.4, -0.2) is 44.1 Å². The van der Waals surface area contributed by atoms with Gasteiger partial charge in [-0.05, 0) is 6.42 Å². The van der Waals surface area contributed by atoms with Gasteiger partial charge in [0.25, 0.3) is 0 Å². The Morgan fingerprint density at radius 3 is 2.40 bits per heavy atom. The molecule has 0 saturated carbocycles. The minimum atomic E-state index is -3.34. The second-order valence-corrected chi connectivity index (χ2v) is 5.71. The van der Waals surface area contributed by atoms with Crippen molar-refractivity contribution in [3.05, 3.63) is 0 Å². The molecule has 0 aromatic heterocycles. The third kappa shape index (κ3) is 2.68. The molecule has 0 bridgehead atoms. The maximum atomic E-state index is 11.2. The Bertz CT molecular complexity index is 371. The van der Waals surface area contributed by atoms with Gasteiger partial charge in [0.15, 0.2) is 9.84 Å². The average Bonchev–Trinajstić information content (AvgIpc) is 2.15. The van der Waals surface area contributed by atoms with E-state index in [1.54, 1.807) is 0 Å². The molecule has 1 aliphatic rings. The van der Waals surface area contributed by atoms with E-state index in [1.807, 2.05) is 0 Å². The molecule has 7 heteroatoms. The van der Waals surface area contributed by atoms with Gasteiger partial charge in [-0.2, -0.15) is 0 Å². The lowest BCUT2D eigenvalue weighted by Gasteiger charge is -2.26. The lowest BCUT2D eigenvalue weighted by molar-refractivity contribution is -0.155. The molecule has 0 unspecified atom stereocenters. The average molecular weight is 236 g/mol. The summed E-state index contributed by atoms with van der Waals surface area (Å²) in [5, 5.41) is 8.81. The van der Waals surface area contributed by atoms with E-state index in [0.717, 1.165) is 7.11 Å². The van der Waals surface area contributed by atoms with Gasteiger partial charge in [-0.15, -0.1) is 0 Å². The maximum absolute atomic E-state index is 11.2. The summed E-state index contributed by atoms with van der Waals surface area (Å²) in [6.45, 7) is 0. The van der Waals surface area contributed by atoms with Crippen LogP contribution in [-0.2, 0) is 24.2 Å². The van der Waals surface area contributed by atoms with E-state index >= 15 is 0 Å². The second kappa shape index (κ2) is 4.18. The molecule has 2 atom stereocenters. The van der Waals surface area contributed by atoms with Crippen LogP contribution < -0.4 is 0 Å². The van der Waals surface area contributed by atoms with Gasteiger partial charge in [0.1, 0.15) is 0 Å². The molecule has 1 fully saturated rings. The molecular formula is C8H12O6S. The molecule has 1 saturated heterocycles. The van der Waals surface area contributed by atoms with Crippen molar-refractivity contribution >= 4 is 21.8 Å². The van der Waals surface area contributed by atoms with Crippen molar-refractivity contribution in [1.82, 2.24) is 0 Å². The van der Waals surface area contributed by atoms with Gasteiger partial charge in [-0.3, -0.25) is 9.59 Å². The Balaban J connectivity index is 2.91. The Hall–Kier alpha value is -1.11. The summed E-state index contributed by atoms with van der Waals surface area (Å²) >= 11 is 0. The smallest absolute Gasteiger partial charge is 0.309 e. The first-order chi connectivity index (χ1) is 6.87. The third-order valence-electron chi connectivity index (χ3n) is 2.48. The summed E-state index contributed by atoms with van der Waals surface area (Å²) in [6, 6.07) is 0. The van der Waals surface area contributed by atoms with E-state index in [2.05, 4.69) is 4.74 Å². The molecule has 0 aromatic rings. The van der Waals surface area contributed by atoms with Crippen LogP contribution in [0.1, 0.15) is 6.42 Å². The lowest BCUT2D eigenvalue weighted by Crippen LogP contribution is -2.41. The standard InChI is InChI=1S/C8H12O6S/c1-14-8(11)5-2-3-15(12,13)4-6(5)7(9)10/h5-6H,2-4H2,1H3,(H,9,10)/t5-,6-/m1/s1. The van der Waals surface area contributed by atoms with E-state index in [0.29, 0.717) is 0 Å². The molecule has 0 radical (unpaired) electrons. The van der Waals surface area contributed by atoms with Gasteiger partial charge in [0, 0.05) is 0 Å². The molecule has 1 N–H and O–H groups in total. The SMILES string of the molecule is COC(=O)[C@@H]1CCS(=O)(=O)C[C@H]1C(=O)O. The predicted octanol–water partition coefficient (Wildman–Crippen LogP) is -0.705. The topological polar surface area (TPSA) is 97.7 Å². The van der Waals surface area contributed by atoms with Gasteiger partial charge >= 0.3 is 11.9 Å². The van der Waals surface area contributed by atoms with Gasteiger partial charge in [-0.1, -0.05) is 0 Å². The van der Waals surface area contributed by atoms with Crippen LogP contribution in [0.5, 0.6) is 0 Å². The number of carboxylic acids is 1. The molecule has 0 amide bonds. The zero-order chi connectivity index (χ0) is 11.6. The first-order valence-electron chi connectivity index (χ1n) is 4.38. The zero-order valence-electron chi connectivity index (χ0n) is 8.17. The van der Waals surface area contributed by atoms with Crippen molar-refractivity contribution < 1.29 is 27.9 Å². The van der Waals surface area contributed by atoms with Crippen LogP contribution in [0.2, 0.25) is 0 Å². The fourth-order valence-electron chi connectivity index (χ4n) is 1.66.